The van der Waals surface area contributed by atoms with Gasteiger partial charge >= 0.3 is 7.32 Å². The van der Waals surface area contributed by atoms with Crippen molar-refractivity contribution in [2.75, 3.05) is 21.1 Å². The van der Waals surface area contributed by atoms with Crippen LogP contribution in [0.25, 0.3) is 0 Å². The molecule has 0 aliphatic rings. The van der Waals surface area contributed by atoms with Crippen molar-refractivity contribution in [2.24, 2.45) is 0 Å². The summed E-state index contributed by atoms with van der Waals surface area (Å²) >= 11 is 0. The van der Waals surface area contributed by atoms with Gasteiger partial charge in [-0.25, -0.2) is 43.9 Å². The molecule has 1 unspecified atom stereocenters. The Morgan fingerprint density at radius 1 is 0.467 bits per heavy atom. The first-order valence-electron chi connectivity index (χ1n) is 19.6. The molecule has 4 rings (SSSR count). The molecule has 0 saturated heterocycles. The maximum atomic E-state index is 15.7. The molecule has 60 heavy (non-hydrogen) atoms. The molecule has 0 N–H and O–H groups in total. The highest BCUT2D eigenvalue weighted by molar-refractivity contribution is 6.39. The van der Waals surface area contributed by atoms with Gasteiger partial charge in [0, 0.05) is 48.4 Å². The Labute approximate surface area is 343 Å². The zero-order valence-electron chi connectivity index (χ0n) is 33.8. The van der Waals surface area contributed by atoms with Crippen LogP contribution < -0.4 is 14.0 Å². The Morgan fingerprint density at radius 2 is 0.833 bits per heavy atom. The van der Waals surface area contributed by atoms with Gasteiger partial charge in [0.1, 0.15) is 23.3 Å². The van der Waals surface area contributed by atoms with Crippen molar-refractivity contribution in [1.82, 2.24) is 0 Å². The fraction of sp³-hybridized carbons (Fsp3) is 0.442. The standard InChI is InChI=1S/C37H46BF9NO3.C6H2F3/c1-5-6-7-8-9-10-11-12-13-14-15-16-17-18-31(48(2,3)4)33-32(23-30(43)36(46)37(33)47)51-38(49-24-19-26(39)34(44)27(40)20-24)50-25-21-28(41)35(45)29(42)22-25;7-4-2-1-3-5(8)6(4)9/h19-23,31H,5-18H2,1-4H3;2-3H/q+1;-1. The van der Waals surface area contributed by atoms with E-state index in [2.05, 4.69) is 13.0 Å². The number of unbranched alkanes of at least 4 members (excludes halogenated alkanes) is 12. The number of rotatable bonds is 22. The molecule has 1 atom stereocenters. The molecule has 4 aromatic rings. The van der Waals surface area contributed by atoms with Crippen molar-refractivity contribution in [1.29, 1.82) is 0 Å². The van der Waals surface area contributed by atoms with Gasteiger partial charge in [-0.15, -0.1) is 12.1 Å². The first kappa shape index (κ1) is 49.8. The van der Waals surface area contributed by atoms with E-state index in [4.69, 9.17) is 14.0 Å². The second-order valence-electron chi connectivity index (χ2n) is 15.1. The minimum atomic E-state index is -2.33. The van der Waals surface area contributed by atoms with E-state index in [0.717, 1.165) is 44.2 Å². The summed E-state index contributed by atoms with van der Waals surface area (Å²) in [5.41, 5.74) is -0.425. The average Bonchev–Trinajstić information content (AvgIpc) is 3.17. The van der Waals surface area contributed by atoms with E-state index in [1.807, 2.05) is 0 Å². The summed E-state index contributed by atoms with van der Waals surface area (Å²) in [6, 6.07) is 4.77. The Bertz CT molecular complexity index is 1860. The zero-order chi connectivity index (χ0) is 44.6. The summed E-state index contributed by atoms with van der Waals surface area (Å²) in [5.74, 6) is -21.5. The van der Waals surface area contributed by atoms with Gasteiger partial charge < -0.3 is 18.4 Å². The quantitative estimate of drug-likeness (QED) is 0.0197. The fourth-order valence-electron chi connectivity index (χ4n) is 6.30. The summed E-state index contributed by atoms with van der Waals surface area (Å²) in [7, 11) is 2.79. The van der Waals surface area contributed by atoms with Crippen molar-refractivity contribution in [2.45, 2.75) is 103 Å². The van der Waals surface area contributed by atoms with Gasteiger partial charge in [-0.3, -0.25) is 8.78 Å². The minimum Gasteiger partial charge on any atom is -0.489 e. The van der Waals surface area contributed by atoms with Crippen molar-refractivity contribution < 1.29 is 71.1 Å². The van der Waals surface area contributed by atoms with E-state index < -0.39 is 106 Å². The van der Waals surface area contributed by atoms with Crippen LogP contribution in [-0.4, -0.2) is 32.9 Å². The minimum absolute atomic E-state index is 0.0196. The SMILES string of the molecule is CCCCCCCCCCCCCCCC(c1c(OB(Oc2cc(F)c(F)c(F)c2)Oc2cc(F)c(F)c(F)c2)cc(F)c(F)c1F)[N+](C)(C)C.Fc1c[c-]cc(F)c1F. The van der Waals surface area contributed by atoms with Gasteiger partial charge in [0.15, 0.2) is 52.4 Å². The lowest BCUT2D eigenvalue weighted by Gasteiger charge is -2.36. The van der Waals surface area contributed by atoms with Gasteiger partial charge in [-0.05, 0) is 6.42 Å². The summed E-state index contributed by atoms with van der Waals surface area (Å²) in [6.07, 6.45) is 14.6. The Morgan fingerprint density at radius 3 is 1.22 bits per heavy atom. The molecule has 330 valence electrons. The van der Waals surface area contributed by atoms with Crippen LogP contribution >= 0.6 is 0 Å². The van der Waals surface area contributed by atoms with Crippen LogP contribution in [0.5, 0.6) is 17.2 Å². The second-order valence-corrected chi connectivity index (χ2v) is 15.1. The normalized spacial score (nSPS) is 11.9. The number of hydrogen-bond donors (Lipinski definition) is 0. The largest absolute Gasteiger partial charge is 0.864 e. The van der Waals surface area contributed by atoms with E-state index in [-0.39, 0.29) is 4.48 Å². The maximum absolute atomic E-state index is 15.7. The van der Waals surface area contributed by atoms with Gasteiger partial charge in [0.25, 0.3) is 0 Å². The van der Waals surface area contributed by atoms with Gasteiger partial charge in [-0.1, -0.05) is 84.0 Å². The summed E-state index contributed by atoms with van der Waals surface area (Å²) < 4.78 is 180. The van der Waals surface area contributed by atoms with E-state index in [9.17, 15) is 48.3 Å². The van der Waals surface area contributed by atoms with Crippen LogP contribution in [0.3, 0.4) is 0 Å². The highest BCUT2D eigenvalue weighted by atomic mass is 19.2. The molecule has 4 aromatic carbocycles. The molecule has 0 heterocycles. The predicted molar refractivity (Wildman–Crippen MR) is 203 cm³/mol. The maximum Gasteiger partial charge on any atom is 0.864 e. The Kier molecular flexibility index (Phi) is 20.0. The molecule has 0 fully saturated rings. The smallest absolute Gasteiger partial charge is 0.489 e. The molecule has 4 nitrogen and oxygen atoms in total. The van der Waals surface area contributed by atoms with Gasteiger partial charge in [0.05, 0.1) is 32.5 Å². The molecule has 0 saturated carbocycles. The molecule has 0 radical (unpaired) electrons. The highest BCUT2D eigenvalue weighted by Gasteiger charge is 2.39. The molecule has 0 bridgehead atoms. The van der Waals surface area contributed by atoms with Crippen LogP contribution in [0.15, 0.2) is 42.5 Å². The first-order valence-corrected chi connectivity index (χ1v) is 19.6. The molecule has 0 aliphatic carbocycles. The van der Waals surface area contributed by atoms with E-state index in [0.29, 0.717) is 43.2 Å². The highest BCUT2D eigenvalue weighted by Crippen LogP contribution is 2.40. The van der Waals surface area contributed by atoms with E-state index in [1.54, 1.807) is 21.1 Å². The van der Waals surface area contributed by atoms with Crippen LogP contribution in [0.4, 0.5) is 52.7 Å². The summed E-state index contributed by atoms with van der Waals surface area (Å²) in [5, 5.41) is 0. The van der Waals surface area contributed by atoms with E-state index in [1.165, 1.54) is 44.9 Å². The topological polar surface area (TPSA) is 27.7 Å². The summed E-state index contributed by atoms with van der Waals surface area (Å²) in [4.78, 5) is 0. The van der Waals surface area contributed by atoms with Crippen molar-refractivity contribution in [3.63, 3.8) is 0 Å². The van der Waals surface area contributed by atoms with Gasteiger partial charge in [-0.2, -0.15) is 6.07 Å². The third kappa shape index (κ3) is 15.2. The Hall–Kier alpha value is -4.54. The van der Waals surface area contributed by atoms with Crippen LogP contribution in [0.1, 0.15) is 108 Å². The lowest BCUT2D eigenvalue weighted by Crippen LogP contribution is -2.41. The monoisotopic (exact) mass is 865 g/mol. The van der Waals surface area contributed by atoms with Crippen molar-refractivity contribution in [3.8, 4) is 17.2 Å². The number of hydrogen-bond acceptors (Lipinski definition) is 3. The number of quaternary nitrogens is 1. The third-order valence-electron chi connectivity index (χ3n) is 9.45. The lowest BCUT2D eigenvalue weighted by molar-refractivity contribution is -0.902. The number of nitrogens with zero attached hydrogens (tertiary/aromatic N) is 1. The van der Waals surface area contributed by atoms with Crippen LogP contribution in [0.2, 0.25) is 0 Å². The third-order valence-corrected chi connectivity index (χ3v) is 9.45. The fourth-order valence-corrected chi connectivity index (χ4v) is 6.30. The molecular formula is C43H48BF12NO3. The second kappa shape index (κ2) is 24.0. The molecule has 0 aromatic heterocycles. The number of halogens is 12. The van der Waals surface area contributed by atoms with Crippen LogP contribution in [0, 0.1) is 75.9 Å². The van der Waals surface area contributed by atoms with Crippen molar-refractivity contribution >= 4 is 7.32 Å². The van der Waals surface area contributed by atoms with E-state index >= 15 is 4.39 Å². The lowest BCUT2D eigenvalue weighted by atomic mass is 9.95. The molecule has 0 amide bonds. The van der Waals surface area contributed by atoms with Gasteiger partial charge in [0.2, 0.25) is 0 Å². The van der Waals surface area contributed by atoms with Crippen molar-refractivity contribution in [3.05, 3.63) is 124 Å². The molecule has 0 aliphatic heterocycles. The number of benzene rings is 4. The first-order chi connectivity index (χ1) is 28.3. The average molecular weight is 866 g/mol. The molecule has 0 spiro atoms. The summed E-state index contributed by atoms with van der Waals surface area (Å²) in [6.45, 7) is 2.19. The Balaban J connectivity index is 0.000000940. The zero-order valence-corrected chi connectivity index (χ0v) is 33.8. The predicted octanol–water partition coefficient (Wildman–Crippen LogP) is 13.6. The molecule has 17 heteroatoms. The molecular weight excluding hydrogens is 817 g/mol. The van der Waals surface area contributed by atoms with Crippen LogP contribution in [-0.2, 0) is 0 Å².